The standard InChI is InChI=1S/C9H11F2NO.ClH/c1-13-6-4-8(10)7(2-3-12)9(11)5-6;/h4-5H,2-3,12H2,1H3;1H. The molecule has 0 saturated heterocycles. The molecule has 0 aliphatic heterocycles. The Morgan fingerprint density at radius 1 is 1.29 bits per heavy atom. The van der Waals surface area contributed by atoms with Crippen LogP contribution in [0.3, 0.4) is 0 Å². The molecule has 0 aliphatic rings. The van der Waals surface area contributed by atoms with Gasteiger partial charge in [0, 0.05) is 17.7 Å². The largest absolute Gasteiger partial charge is 0.497 e. The van der Waals surface area contributed by atoms with Gasteiger partial charge in [0.2, 0.25) is 0 Å². The van der Waals surface area contributed by atoms with Crippen LogP contribution in [0, 0.1) is 11.6 Å². The number of benzene rings is 1. The summed E-state index contributed by atoms with van der Waals surface area (Å²) in [7, 11) is 1.36. The van der Waals surface area contributed by atoms with E-state index in [0.717, 1.165) is 12.1 Å². The molecule has 0 unspecified atom stereocenters. The molecule has 0 aromatic heterocycles. The van der Waals surface area contributed by atoms with Crippen LogP contribution in [0.2, 0.25) is 0 Å². The highest BCUT2D eigenvalue weighted by molar-refractivity contribution is 5.85. The number of hydrogen-bond acceptors (Lipinski definition) is 2. The van der Waals surface area contributed by atoms with Crippen molar-refractivity contribution in [2.24, 2.45) is 5.73 Å². The second-order valence-electron chi connectivity index (χ2n) is 2.61. The van der Waals surface area contributed by atoms with Crippen molar-refractivity contribution in [2.45, 2.75) is 6.42 Å². The van der Waals surface area contributed by atoms with E-state index >= 15 is 0 Å². The molecule has 0 spiro atoms. The second-order valence-corrected chi connectivity index (χ2v) is 2.61. The molecular weight excluding hydrogens is 212 g/mol. The zero-order chi connectivity index (χ0) is 9.84. The highest BCUT2D eigenvalue weighted by Gasteiger charge is 2.10. The van der Waals surface area contributed by atoms with Crippen molar-refractivity contribution in [1.29, 1.82) is 0 Å². The second kappa shape index (κ2) is 5.78. The molecule has 80 valence electrons. The van der Waals surface area contributed by atoms with Crippen LogP contribution in [0.15, 0.2) is 12.1 Å². The quantitative estimate of drug-likeness (QED) is 0.850. The Labute approximate surface area is 87.5 Å². The predicted molar refractivity (Wildman–Crippen MR) is 52.9 cm³/mol. The molecule has 0 aliphatic carbocycles. The Morgan fingerprint density at radius 3 is 2.14 bits per heavy atom. The minimum atomic E-state index is -0.609. The summed E-state index contributed by atoms with van der Waals surface area (Å²) in [4.78, 5) is 0. The van der Waals surface area contributed by atoms with Gasteiger partial charge >= 0.3 is 0 Å². The molecule has 14 heavy (non-hydrogen) atoms. The molecule has 0 amide bonds. The first-order valence-electron chi connectivity index (χ1n) is 3.91. The first-order chi connectivity index (χ1) is 6.19. The van der Waals surface area contributed by atoms with Crippen molar-refractivity contribution < 1.29 is 13.5 Å². The van der Waals surface area contributed by atoms with Crippen molar-refractivity contribution in [1.82, 2.24) is 0 Å². The summed E-state index contributed by atoms with van der Waals surface area (Å²) in [5.41, 5.74) is 5.22. The SMILES string of the molecule is COc1cc(F)c(CCN)c(F)c1.Cl. The van der Waals surface area contributed by atoms with Gasteiger partial charge in [-0.3, -0.25) is 0 Å². The van der Waals surface area contributed by atoms with Gasteiger partial charge in [0.1, 0.15) is 17.4 Å². The highest BCUT2D eigenvalue weighted by atomic mass is 35.5. The first-order valence-corrected chi connectivity index (χ1v) is 3.91. The molecule has 1 aromatic carbocycles. The van der Waals surface area contributed by atoms with Crippen LogP contribution in [0.1, 0.15) is 5.56 Å². The van der Waals surface area contributed by atoms with Crippen LogP contribution in [0.4, 0.5) is 8.78 Å². The molecule has 0 atom stereocenters. The molecule has 2 N–H and O–H groups in total. The van der Waals surface area contributed by atoms with Gasteiger partial charge < -0.3 is 10.5 Å². The van der Waals surface area contributed by atoms with E-state index in [1.165, 1.54) is 7.11 Å². The van der Waals surface area contributed by atoms with Crippen molar-refractivity contribution >= 4 is 12.4 Å². The zero-order valence-electron chi connectivity index (χ0n) is 7.72. The fraction of sp³-hybridized carbons (Fsp3) is 0.333. The number of methoxy groups -OCH3 is 1. The minimum absolute atomic E-state index is 0. The molecule has 0 saturated carbocycles. The van der Waals surface area contributed by atoms with E-state index in [-0.39, 0.29) is 36.7 Å². The van der Waals surface area contributed by atoms with E-state index in [0.29, 0.717) is 0 Å². The summed E-state index contributed by atoms with van der Waals surface area (Å²) in [6.07, 6.45) is 0.196. The van der Waals surface area contributed by atoms with Crippen LogP contribution in [-0.2, 0) is 6.42 Å². The van der Waals surface area contributed by atoms with Crippen LogP contribution >= 0.6 is 12.4 Å². The average molecular weight is 224 g/mol. The first kappa shape index (κ1) is 13.1. The van der Waals surface area contributed by atoms with E-state index in [1.54, 1.807) is 0 Å². The number of hydrogen-bond donors (Lipinski definition) is 1. The van der Waals surface area contributed by atoms with Gasteiger partial charge in [0.25, 0.3) is 0 Å². The fourth-order valence-electron chi connectivity index (χ4n) is 1.08. The third-order valence-corrected chi connectivity index (χ3v) is 1.74. The fourth-order valence-corrected chi connectivity index (χ4v) is 1.08. The maximum absolute atomic E-state index is 13.1. The zero-order valence-corrected chi connectivity index (χ0v) is 8.54. The number of nitrogens with two attached hydrogens (primary N) is 1. The smallest absolute Gasteiger partial charge is 0.133 e. The molecule has 2 nitrogen and oxygen atoms in total. The monoisotopic (exact) mass is 223 g/mol. The maximum atomic E-state index is 13.1. The van der Waals surface area contributed by atoms with Gasteiger partial charge in [0.05, 0.1) is 7.11 Å². The van der Waals surface area contributed by atoms with E-state index < -0.39 is 11.6 Å². The third-order valence-electron chi connectivity index (χ3n) is 1.74. The summed E-state index contributed by atoms with van der Waals surface area (Å²) in [5, 5.41) is 0. The van der Waals surface area contributed by atoms with Crippen LogP contribution in [0.25, 0.3) is 0 Å². The molecule has 0 fully saturated rings. The van der Waals surface area contributed by atoms with E-state index in [2.05, 4.69) is 0 Å². The van der Waals surface area contributed by atoms with Crippen LogP contribution in [0.5, 0.6) is 5.75 Å². The van der Waals surface area contributed by atoms with Crippen molar-refractivity contribution in [2.75, 3.05) is 13.7 Å². The predicted octanol–water partition coefficient (Wildman–Crippen LogP) is 1.90. The van der Waals surface area contributed by atoms with Gasteiger partial charge in [-0.25, -0.2) is 8.78 Å². The highest BCUT2D eigenvalue weighted by Crippen LogP contribution is 2.20. The normalized spacial score (nSPS) is 9.43. The van der Waals surface area contributed by atoms with E-state index in [1.807, 2.05) is 0 Å². The molecule has 0 heterocycles. The van der Waals surface area contributed by atoms with Gasteiger partial charge in [-0.05, 0) is 13.0 Å². The lowest BCUT2D eigenvalue weighted by molar-refractivity contribution is 0.405. The van der Waals surface area contributed by atoms with Crippen molar-refractivity contribution in [3.8, 4) is 5.75 Å². The number of halogens is 3. The minimum Gasteiger partial charge on any atom is -0.497 e. The Kier molecular flexibility index (Phi) is 5.42. The van der Waals surface area contributed by atoms with Gasteiger partial charge in [-0.1, -0.05) is 0 Å². The number of rotatable bonds is 3. The summed E-state index contributed by atoms with van der Waals surface area (Å²) in [6, 6.07) is 2.29. The van der Waals surface area contributed by atoms with Crippen LogP contribution in [-0.4, -0.2) is 13.7 Å². The van der Waals surface area contributed by atoms with E-state index in [4.69, 9.17) is 10.5 Å². The molecule has 0 radical (unpaired) electrons. The molecular formula is C9H12ClF2NO. The Bertz CT molecular complexity index is 284. The third kappa shape index (κ3) is 2.82. The van der Waals surface area contributed by atoms with Gasteiger partial charge in [-0.15, -0.1) is 12.4 Å². The average Bonchev–Trinajstić information content (AvgIpc) is 2.11. The topological polar surface area (TPSA) is 35.2 Å². The Morgan fingerprint density at radius 2 is 1.79 bits per heavy atom. The Hall–Kier alpha value is -0.870. The summed E-state index contributed by atoms with van der Waals surface area (Å²) >= 11 is 0. The summed E-state index contributed by atoms with van der Waals surface area (Å²) in [6.45, 7) is 0.222. The van der Waals surface area contributed by atoms with Gasteiger partial charge in [0.15, 0.2) is 0 Å². The van der Waals surface area contributed by atoms with Crippen molar-refractivity contribution in [3.05, 3.63) is 29.3 Å². The van der Waals surface area contributed by atoms with Crippen molar-refractivity contribution in [3.63, 3.8) is 0 Å². The molecule has 5 heteroatoms. The lowest BCUT2D eigenvalue weighted by Gasteiger charge is -2.05. The van der Waals surface area contributed by atoms with Gasteiger partial charge in [-0.2, -0.15) is 0 Å². The maximum Gasteiger partial charge on any atom is 0.133 e. The van der Waals surface area contributed by atoms with Crippen LogP contribution < -0.4 is 10.5 Å². The Balaban J connectivity index is 0.00000169. The van der Waals surface area contributed by atoms with E-state index in [9.17, 15) is 8.78 Å². The number of ether oxygens (including phenoxy) is 1. The lowest BCUT2D eigenvalue weighted by Crippen LogP contribution is -2.07. The molecule has 1 aromatic rings. The molecule has 1 rings (SSSR count). The summed E-state index contributed by atoms with van der Waals surface area (Å²) in [5.74, 6) is -1.04. The molecule has 0 bridgehead atoms. The lowest BCUT2D eigenvalue weighted by atomic mass is 10.1. The summed E-state index contributed by atoms with van der Waals surface area (Å²) < 4.78 is 30.9.